The topological polar surface area (TPSA) is 108 Å². The number of likely N-dealkylation sites (N-methyl/N-ethyl adjacent to an activating group) is 1. The number of hydrogen-bond donors (Lipinski definition) is 1. The standard InChI is InChI=1S/C55H101NO8/c1-6-8-10-12-14-16-18-20-22-24-25-26-27-28-29-30-32-34-36-38-40-42-44-46-53(58)64-51(50-63-55(54(59)60)61-48-47-56(3,4)5)49-62-52(57)45-43-41-39-37-35-33-31-23-21-19-17-15-13-11-9-7-2/h18,20,23-25,31,51,55H,6-17,19,21-22,26-30,32-50H2,1-5H3/p+1/b20-18-,25-24-,31-23-. The summed E-state index contributed by atoms with van der Waals surface area (Å²) in [5.74, 6) is -2.01. The first-order valence-corrected chi connectivity index (χ1v) is 26.7. The Kier molecular flexibility index (Phi) is 45.2. The third-order valence-electron chi connectivity index (χ3n) is 11.6. The van der Waals surface area contributed by atoms with Crippen LogP contribution in [0.4, 0.5) is 0 Å². The van der Waals surface area contributed by atoms with Crippen LogP contribution in [0.3, 0.4) is 0 Å². The monoisotopic (exact) mass is 905 g/mol. The number of carbonyl (C=O) groups is 3. The molecule has 2 unspecified atom stereocenters. The van der Waals surface area contributed by atoms with Gasteiger partial charge in [-0.05, 0) is 70.6 Å². The molecule has 0 spiro atoms. The van der Waals surface area contributed by atoms with Gasteiger partial charge in [-0.3, -0.25) is 9.59 Å². The Morgan fingerprint density at radius 1 is 0.469 bits per heavy atom. The van der Waals surface area contributed by atoms with Gasteiger partial charge in [-0.1, -0.05) is 192 Å². The molecule has 0 bridgehead atoms. The Bertz CT molecular complexity index is 1150. The van der Waals surface area contributed by atoms with Crippen LogP contribution >= 0.6 is 0 Å². The largest absolute Gasteiger partial charge is 0.477 e. The van der Waals surface area contributed by atoms with E-state index in [1.54, 1.807) is 0 Å². The Morgan fingerprint density at radius 3 is 1.25 bits per heavy atom. The highest BCUT2D eigenvalue weighted by atomic mass is 16.7. The molecule has 0 fully saturated rings. The molecule has 0 heterocycles. The van der Waals surface area contributed by atoms with E-state index in [4.69, 9.17) is 18.9 Å². The molecule has 2 atom stereocenters. The number of carboxylic acid groups (broad SMARTS) is 1. The molecule has 9 nitrogen and oxygen atoms in total. The Labute approximate surface area is 394 Å². The van der Waals surface area contributed by atoms with Gasteiger partial charge in [0.2, 0.25) is 0 Å². The zero-order chi connectivity index (χ0) is 47.0. The normalized spacial score (nSPS) is 13.1. The number of quaternary nitrogens is 1. The van der Waals surface area contributed by atoms with E-state index in [0.29, 0.717) is 17.4 Å². The number of esters is 2. The fourth-order valence-electron chi connectivity index (χ4n) is 7.45. The number of nitrogens with zero attached hydrogens (tertiary/aromatic N) is 1. The lowest BCUT2D eigenvalue weighted by Crippen LogP contribution is -2.40. The quantitative estimate of drug-likeness (QED) is 0.0211. The van der Waals surface area contributed by atoms with Gasteiger partial charge >= 0.3 is 17.9 Å². The van der Waals surface area contributed by atoms with Crippen molar-refractivity contribution in [2.24, 2.45) is 0 Å². The molecule has 0 radical (unpaired) electrons. The highest BCUT2D eigenvalue weighted by molar-refractivity contribution is 5.71. The van der Waals surface area contributed by atoms with E-state index in [2.05, 4.69) is 50.3 Å². The molecular formula is C55H102NO8+. The van der Waals surface area contributed by atoms with Crippen LogP contribution in [-0.4, -0.2) is 87.4 Å². The molecule has 0 aromatic rings. The van der Waals surface area contributed by atoms with Crippen molar-refractivity contribution in [1.29, 1.82) is 0 Å². The van der Waals surface area contributed by atoms with Crippen LogP contribution in [0.2, 0.25) is 0 Å². The molecule has 64 heavy (non-hydrogen) atoms. The Morgan fingerprint density at radius 2 is 0.844 bits per heavy atom. The van der Waals surface area contributed by atoms with Gasteiger partial charge < -0.3 is 28.5 Å². The summed E-state index contributed by atoms with van der Waals surface area (Å²) < 4.78 is 22.8. The lowest BCUT2D eigenvalue weighted by Gasteiger charge is -2.25. The van der Waals surface area contributed by atoms with Crippen LogP contribution in [0.1, 0.15) is 239 Å². The second-order valence-electron chi connectivity index (χ2n) is 19.2. The molecule has 0 aliphatic rings. The molecule has 0 rings (SSSR count). The number of hydrogen-bond acceptors (Lipinski definition) is 7. The van der Waals surface area contributed by atoms with Gasteiger partial charge in [0.25, 0.3) is 6.29 Å². The first kappa shape index (κ1) is 61.5. The van der Waals surface area contributed by atoms with Gasteiger partial charge in [-0.2, -0.15) is 0 Å². The number of allylic oxidation sites excluding steroid dienone is 6. The fourth-order valence-corrected chi connectivity index (χ4v) is 7.45. The first-order chi connectivity index (χ1) is 31.1. The maximum atomic E-state index is 12.8. The van der Waals surface area contributed by atoms with Crippen LogP contribution in [0.15, 0.2) is 36.5 Å². The Balaban J connectivity index is 4.30. The smallest absolute Gasteiger partial charge is 0.361 e. The lowest BCUT2D eigenvalue weighted by atomic mass is 10.0. The number of aliphatic carboxylic acids is 1. The predicted molar refractivity (Wildman–Crippen MR) is 267 cm³/mol. The lowest BCUT2D eigenvalue weighted by molar-refractivity contribution is -0.870. The maximum absolute atomic E-state index is 12.8. The second-order valence-corrected chi connectivity index (χ2v) is 19.2. The minimum atomic E-state index is -1.51. The summed E-state index contributed by atoms with van der Waals surface area (Å²) in [7, 11) is 5.96. The molecule has 0 aromatic heterocycles. The van der Waals surface area contributed by atoms with Gasteiger partial charge in [0.1, 0.15) is 13.2 Å². The van der Waals surface area contributed by atoms with E-state index in [-0.39, 0.29) is 32.2 Å². The van der Waals surface area contributed by atoms with E-state index in [9.17, 15) is 19.5 Å². The van der Waals surface area contributed by atoms with Gasteiger partial charge in [-0.25, -0.2) is 4.79 Å². The van der Waals surface area contributed by atoms with E-state index < -0.39 is 24.3 Å². The van der Waals surface area contributed by atoms with Gasteiger partial charge in [0.05, 0.1) is 34.4 Å². The molecule has 0 saturated heterocycles. The summed E-state index contributed by atoms with van der Waals surface area (Å²) in [6, 6.07) is 0. The predicted octanol–water partition coefficient (Wildman–Crippen LogP) is 15.0. The van der Waals surface area contributed by atoms with E-state index in [0.717, 1.165) is 57.8 Å². The number of carboxylic acids is 1. The summed E-state index contributed by atoms with van der Waals surface area (Å²) in [6.45, 7) is 4.87. The van der Waals surface area contributed by atoms with Crippen LogP contribution in [0.25, 0.3) is 0 Å². The van der Waals surface area contributed by atoms with Crippen LogP contribution in [-0.2, 0) is 33.3 Å². The highest BCUT2D eigenvalue weighted by Gasteiger charge is 2.25. The van der Waals surface area contributed by atoms with E-state index >= 15 is 0 Å². The summed E-state index contributed by atoms with van der Waals surface area (Å²) in [6.07, 6.45) is 52.1. The van der Waals surface area contributed by atoms with Crippen molar-refractivity contribution < 1.29 is 42.9 Å². The fraction of sp³-hybridized carbons (Fsp3) is 0.836. The summed E-state index contributed by atoms with van der Waals surface area (Å²) in [4.78, 5) is 37.3. The number of ether oxygens (including phenoxy) is 4. The molecular weight excluding hydrogens is 803 g/mol. The molecule has 0 saturated carbocycles. The maximum Gasteiger partial charge on any atom is 0.361 e. The minimum absolute atomic E-state index is 0.185. The molecule has 374 valence electrons. The van der Waals surface area contributed by atoms with Crippen LogP contribution < -0.4 is 0 Å². The van der Waals surface area contributed by atoms with Crippen molar-refractivity contribution >= 4 is 17.9 Å². The number of carbonyl (C=O) groups excluding carboxylic acids is 2. The second kappa shape index (κ2) is 47.0. The van der Waals surface area contributed by atoms with Crippen molar-refractivity contribution in [2.75, 3.05) is 47.5 Å². The molecule has 1 N–H and O–H groups in total. The van der Waals surface area contributed by atoms with Crippen molar-refractivity contribution in [1.82, 2.24) is 0 Å². The SMILES string of the molecule is CCCCCCC/C=C\C/C=C\CCCCCCCCCCCCCC(=O)OC(COC(=O)CCCCCCC/C=C\CCCCCCCCC)COC(OCC[N+](C)(C)C)C(=O)O. The molecule has 0 amide bonds. The van der Waals surface area contributed by atoms with Crippen LogP contribution in [0, 0.1) is 0 Å². The van der Waals surface area contributed by atoms with Crippen molar-refractivity contribution in [3.05, 3.63) is 36.5 Å². The first-order valence-electron chi connectivity index (χ1n) is 26.7. The molecule has 0 aliphatic heterocycles. The third kappa shape index (κ3) is 47.5. The van der Waals surface area contributed by atoms with E-state index in [1.807, 2.05) is 21.1 Å². The molecule has 0 aromatic carbocycles. The average molecular weight is 905 g/mol. The minimum Gasteiger partial charge on any atom is -0.477 e. The van der Waals surface area contributed by atoms with Gasteiger partial charge in [0.15, 0.2) is 6.10 Å². The summed E-state index contributed by atoms with van der Waals surface area (Å²) in [5, 5.41) is 9.67. The summed E-state index contributed by atoms with van der Waals surface area (Å²) in [5.41, 5.74) is 0. The van der Waals surface area contributed by atoms with E-state index in [1.165, 1.54) is 154 Å². The van der Waals surface area contributed by atoms with Crippen molar-refractivity contribution in [3.8, 4) is 0 Å². The van der Waals surface area contributed by atoms with Crippen molar-refractivity contribution in [3.63, 3.8) is 0 Å². The van der Waals surface area contributed by atoms with Crippen LogP contribution in [0.5, 0.6) is 0 Å². The number of rotatable bonds is 49. The highest BCUT2D eigenvalue weighted by Crippen LogP contribution is 2.15. The van der Waals surface area contributed by atoms with Gasteiger partial charge in [0, 0.05) is 12.8 Å². The Hall–Kier alpha value is -2.49. The molecule has 0 aliphatic carbocycles. The zero-order valence-electron chi connectivity index (χ0n) is 42.4. The average Bonchev–Trinajstić information content (AvgIpc) is 3.26. The number of unbranched alkanes of at least 4 members (excludes halogenated alkanes) is 28. The van der Waals surface area contributed by atoms with Crippen molar-refractivity contribution in [2.45, 2.75) is 251 Å². The zero-order valence-corrected chi connectivity index (χ0v) is 42.4. The van der Waals surface area contributed by atoms with Gasteiger partial charge in [-0.15, -0.1) is 0 Å². The summed E-state index contributed by atoms with van der Waals surface area (Å²) >= 11 is 0. The third-order valence-corrected chi connectivity index (χ3v) is 11.6. The molecule has 9 heteroatoms.